The van der Waals surface area contributed by atoms with Crippen molar-refractivity contribution in [3.8, 4) is 11.6 Å². The van der Waals surface area contributed by atoms with Crippen LogP contribution >= 0.6 is 0 Å². The summed E-state index contributed by atoms with van der Waals surface area (Å²) in [5.74, 6) is -0.0104. The third-order valence-electron chi connectivity index (χ3n) is 5.14. The zero-order valence-electron chi connectivity index (χ0n) is 17.6. The molecule has 12 heteroatoms. The van der Waals surface area contributed by atoms with Crippen LogP contribution in [-0.2, 0) is 11.0 Å². The topological polar surface area (TPSA) is 116 Å². The summed E-state index contributed by atoms with van der Waals surface area (Å²) >= 11 is 0. The lowest BCUT2D eigenvalue weighted by atomic mass is 10.1. The predicted molar refractivity (Wildman–Crippen MR) is 115 cm³/mol. The highest BCUT2D eigenvalue weighted by Gasteiger charge is 2.31. The molecule has 4 rings (SSSR count). The quantitative estimate of drug-likeness (QED) is 0.471. The first-order chi connectivity index (χ1) is 15.7. The molecule has 0 fully saturated rings. The van der Waals surface area contributed by atoms with Crippen LogP contribution in [0.2, 0.25) is 0 Å². The Bertz CT molecular complexity index is 1210. The number of nitrogens with zero attached hydrogens (tertiary/aromatic N) is 4. The molecule has 3 aromatic rings. The molecule has 0 radical (unpaired) electrons. The van der Waals surface area contributed by atoms with Crippen molar-refractivity contribution >= 4 is 34.7 Å². The Morgan fingerprint density at radius 2 is 2.03 bits per heavy atom. The summed E-state index contributed by atoms with van der Waals surface area (Å²) in [7, 11) is 1.66. The van der Waals surface area contributed by atoms with Gasteiger partial charge in [0.15, 0.2) is 5.88 Å². The number of aromatic hydroxyl groups is 1. The maximum Gasteiger partial charge on any atom is 0.416 e. The van der Waals surface area contributed by atoms with E-state index in [0.717, 1.165) is 12.1 Å². The molecule has 1 aromatic carbocycles. The van der Waals surface area contributed by atoms with Crippen molar-refractivity contribution in [2.45, 2.75) is 19.0 Å². The molecule has 2 bridgehead atoms. The monoisotopic (exact) mass is 462 g/mol. The van der Waals surface area contributed by atoms with E-state index in [1.165, 1.54) is 18.6 Å². The van der Waals surface area contributed by atoms with Crippen LogP contribution in [0.1, 0.15) is 24.0 Å². The van der Waals surface area contributed by atoms with Gasteiger partial charge in [0, 0.05) is 38.8 Å². The van der Waals surface area contributed by atoms with Gasteiger partial charge in [0.25, 0.3) is 0 Å². The Labute approximate surface area is 186 Å². The number of nitrogens with one attached hydrogen (secondary N) is 2. The standard InChI is InChI=1S/C21H21F3N6O3/c1-30-5-4-25-18-17-15(20(32)29-19(17)28-11-27-18)10-26-13-7-12(21(22,23)24)8-14(9-13)33-6-2-3-16(30)31/h7-11,32H,2-6H2,1H3,(H2,25,27,28,29). The first-order valence-electron chi connectivity index (χ1n) is 10.1. The van der Waals surface area contributed by atoms with E-state index in [0.29, 0.717) is 36.4 Å². The first-order valence-corrected chi connectivity index (χ1v) is 10.1. The van der Waals surface area contributed by atoms with Crippen molar-refractivity contribution in [2.75, 3.05) is 32.1 Å². The Morgan fingerprint density at radius 1 is 1.21 bits per heavy atom. The molecule has 1 aliphatic heterocycles. The third-order valence-corrected chi connectivity index (χ3v) is 5.14. The maximum atomic E-state index is 13.4. The highest BCUT2D eigenvalue weighted by molar-refractivity contribution is 6.06. The van der Waals surface area contributed by atoms with Crippen LogP contribution in [0.25, 0.3) is 11.0 Å². The lowest BCUT2D eigenvalue weighted by molar-refractivity contribution is -0.137. The predicted octanol–water partition coefficient (Wildman–Crippen LogP) is 3.48. The van der Waals surface area contributed by atoms with Crippen LogP contribution in [0.5, 0.6) is 11.6 Å². The molecule has 9 nitrogen and oxygen atoms in total. The van der Waals surface area contributed by atoms with E-state index in [1.807, 2.05) is 0 Å². The van der Waals surface area contributed by atoms with Crippen LogP contribution in [0.15, 0.2) is 29.5 Å². The fraction of sp³-hybridized carbons (Fsp3) is 0.333. The van der Waals surface area contributed by atoms with E-state index < -0.39 is 11.7 Å². The normalized spacial score (nSPS) is 15.8. The summed E-state index contributed by atoms with van der Waals surface area (Å²) in [6.07, 6.45) is -1.52. The average Bonchev–Trinajstić information content (AvgIpc) is 3.09. The van der Waals surface area contributed by atoms with Gasteiger partial charge in [-0.1, -0.05) is 0 Å². The number of carbonyl (C=O) groups is 1. The molecule has 0 aliphatic carbocycles. The molecule has 0 unspecified atom stereocenters. The van der Waals surface area contributed by atoms with Crippen LogP contribution in [0.3, 0.4) is 0 Å². The fourth-order valence-corrected chi connectivity index (χ4v) is 3.41. The molecule has 174 valence electrons. The SMILES string of the molecule is CN1CCNc2ncnc3[nH]c(O)c(c23)C=Nc2cc(cc(C(F)(F)F)c2)OCCCC1=O. The number of ether oxygens (including phenoxy) is 1. The fourth-order valence-electron chi connectivity index (χ4n) is 3.41. The van der Waals surface area contributed by atoms with Crippen LogP contribution in [0.4, 0.5) is 24.7 Å². The second-order valence-electron chi connectivity index (χ2n) is 7.50. The zero-order valence-corrected chi connectivity index (χ0v) is 17.6. The number of amides is 1. The molecule has 3 N–H and O–H groups in total. The van der Waals surface area contributed by atoms with Crippen molar-refractivity contribution in [1.29, 1.82) is 0 Å². The third kappa shape index (κ3) is 4.99. The van der Waals surface area contributed by atoms with E-state index in [2.05, 4.69) is 25.3 Å². The Balaban J connectivity index is 1.80. The number of anilines is 1. The number of hydrogen-bond acceptors (Lipinski definition) is 7. The maximum absolute atomic E-state index is 13.4. The van der Waals surface area contributed by atoms with E-state index in [-0.39, 0.29) is 41.8 Å². The van der Waals surface area contributed by atoms with E-state index in [4.69, 9.17) is 4.74 Å². The number of rotatable bonds is 0. The number of hydrogen-bond donors (Lipinski definition) is 3. The summed E-state index contributed by atoms with van der Waals surface area (Å²) in [5, 5.41) is 13.9. The Hall–Kier alpha value is -3.83. The highest BCUT2D eigenvalue weighted by atomic mass is 19.4. The number of aromatic amines is 1. The number of aliphatic imine (C=N–C) groups is 1. The number of H-pyrrole nitrogens is 1. The highest BCUT2D eigenvalue weighted by Crippen LogP contribution is 2.36. The Morgan fingerprint density at radius 3 is 2.82 bits per heavy atom. The minimum absolute atomic E-state index is 0.0138. The lowest BCUT2D eigenvalue weighted by Crippen LogP contribution is -2.31. The van der Waals surface area contributed by atoms with Crippen LogP contribution < -0.4 is 10.1 Å². The van der Waals surface area contributed by atoms with Gasteiger partial charge in [0.05, 0.1) is 28.8 Å². The van der Waals surface area contributed by atoms with Gasteiger partial charge in [0.2, 0.25) is 5.91 Å². The van der Waals surface area contributed by atoms with Crippen molar-refractivity contribution in [2.24, 2.45) is 4.99 Å². The summed E-state index contributed by atoms with van der Waals surface area (Å²) in [5.41, 5.74) is -0.404. The molecule has 0 saturated heterocycles. The minimum Gasteiger partial charge on any atom is -0.494 e. The van der Waals surface area contributed by atoms with Gasteiger partial charge in [0.1, 0.15) is 23.5 Å². The molecule has 2 aromatic heterocycles. The number of benzene rings is 1. The van der Waals surface area contributed by atoms with Gasteiger partial charge in [-0.25, -0.2) is 9.97 Å². The molecular formula is C21H21F3N6O3. The number of carbonyl (C=O) groups excluding carboxylic acids is 1. The average molecular weight is 462 g/mol. The second-order valence-corrected chi connectivity index (χ2v) is 7.50. The summed E-state index contributed by atoms with van der Waals surface area (Å²) < 4.78 is 45.7. The number of aromatic nitrogens is 3. The van der Waals surface area contributed by atoms with Crippen molar-refractivity contribution < 1.29 is 27.8 Å². The second kappa shape index (κ2) is 8.96. The summed E-state index contributed by atoms with van der Waals surface area (Å²) in [4.78, 5) is 29.0. The van der Waals surface area contributed by atoms with E-state index >= 15 is 0 Å². The van der Waals surface area contributed by atoms with E-state index in [9.17, 15) is 23.1 Å². The van der Waals surface area contributed by atoms with E-state index in [1.54, 1.807) is 11.9 Å². The smallest absolute Gasteiger partial charge is 0.416 e. The van der Waals surface area contributed by atoms with Crippen LogP contribution in [-0.4, -0.2) is 63.8 Å². The minimum atomic E-state index is -4.60. The van der Waals surface area contributed by atoms with Gasteiger partial charge in [-0.05, 0) is 18.6 Å². The first kappa shape index (κ1) is 22.4. The molecule has 33 heavy (non-hydrogen) atoms. The number of likely N-dealkylation sites (N-methyl/N-ethyl adjacent to an activating group) is 1. The van der Waals surface area contributed by atoms with Crippen molar-refractivity contribution in [3.05, 3.63) is 35.7 Å². The van der Waals surface area contributed by atoms with Crippen molar-refractivity contribution in [3.63, 3.8) is 0 Å². The van der Waals surface area contributed by atoms with Crippen LogP contribution in [0, 0.1) is 0 Å². The Kier molecular flexibility index (Phi) is 6.07. The molecule has 0 saturated carbocycles. The van der Waals surface area contributed by atoms with Gasteiger partial charge < -0.3 is 25.0 Å². The number of fused-ring (bicyclic) bond motifs is 2. The molecule has 0 spiro atoms. The van der Waals surface area contributed by atoms with Gasteiger partial charge in [-0.15, -0.1) is 0 Å². The summed E-state index contributed by atoms with van der Waals surface area (Å²) in [6, 6.07) is 3.14. The molecule has 1 amide bonds. The number of alkyl halides is 3. The largest absolute Gasteiger partial charge is 0.494 e. The van der Waals surface area contributed by atoms with Crippen molar-refractivity contribution in [1.82, 2.24) is 19.9 Å². The summed E-state index contributed by atoms with van der Waals surface area (Å²) in [6.45, 7) is 0.840. The van der Waals surface area contributed by atoms with Gasteiger partial charge in [-0.2, -0.15) is 13.2 Å². The molecule has 0 atom stereocenters. The number of halogens is 3. The zero-order chi connectivity index (χ0) is 23.6. The van der Waals surface area contributed by atoms with Gasteiger partial charge in [-0.3, -0.25) is 9.79 Å². The molecule has 3 heterocycles. The van der Waals surface area contributed by atoms with Gasteiger partial charge >= 0.3 is 6.18 Å². The molecular weight excluding hydrogens is 441 g/mol. The lowest BCUT2D eigenvalue weighted by Gasteiger charge is -2.18. The molecule has 1 aliphatic rings.